The van der Waals surface area contributed by atoms with Crippen molar-refractivity contribution in [2.45, 2.75) is 19.8 Å². The van der Waals surface area contributed by atoms with E-state index in [1.807, 2.05) is 44.2 Å². The molecule has 7 heteroatoms. The van der Waals surface area contributed by atoms with Gasteiger partial charge in [-0.2, -0.15) is 0 Å². The highest BCUT2D eigenvalue weighted by molar-refractivity contribution is 7.13. The fraction of sp³-hybridized carbons (Fsp3) is 0.412. The Bertz CT molecular complexity index is 721. The number of rotatable bonds is 3. The van der Waals surface area contributed by atoms with E-state index in [4.69, 9.17) is 0 Å². The molecule has 6 nitrogen and oxygen atoms in total. The van der Waals surface area contributed by atoms with Crippen molar-refractivity contribution in [1.82, 2.24) is 20.0 Å². The van der Waals surface area contributed by atoms with Gasteiger partial charge < -0.3 is 9.80 Å². The van der Waals surface area contributed by atoms with Gasteiger partial charge in [-0.1, -0.05) is 43.4 Å². The van der Waals surface area contributed by atoms with Crippen LogP contribution < -0.4 is 0 Å². The van der Waals surface area contributed by atoms with E-state index in [-0.39, 0.29) is 17.7 Å². The Morgan fingerprint density at radius 2 is 1.54 bits per heavy atom. The summed E-state index contributed by atoms with van der Waals surface area (Å²) in [6.07, 6.45) is 0. The SMILES string of the molecule is CC(C)c1nnc(C(=O)N2CCN(C(=O)c3ccccc3)CC2)s1. The van der Waals surface area contributed by atoms with Crippen LogP contribution in [0.4, 0.5) is 0 Å². The first-order chi connectivity index (χ1) is 11.6. The first-order valence-corrected chi connectivity index (χ1v) is 8.85. The van der Waals surface area contributed by atoms with E-state index in [0.717, 1.165) is 5.01 Å². The molecule has 1 aromatic carbocycles. The van der Waals surface area contributed by atoms with Crippen LogP contribution in [0.5, 0.6) is 0 Å². The van der Waals surface area contributed by atoms with Crippen LogP contribution in [0.25, 0.3) is 0 Å². The lowest BCUT2D eigenvalue weighted by Gasteiger charge is -2.34. The molecule has 0 spiro atoms. The molecule has 1 saturated heterocycles. The van der Waals surface area contributed by atoms with Crippen LogP contribution >= 0.6 is 11.3 Å². The van der Waals surface area contributed by atoms with E-state index < -0.39 is 0 Å². The molecule has 2 aromatic rings. The third-order valence-corrected chi connectivity index (χ3v) is 5.20. The Hall–Kier alpha value is -2.28. The lowest BCUT2D eigenvalue weighted by molar-refractivity contribution is 0.0535. The average Bonchev–Trinajstić information content (AvgIpc) is 3.12. The van der Waals surface area contributed by atoms with Crippen LogP contribution in [0.2, 0.25) is 0 Å². The number of amides is 2. The Kier molecular flexibility index (Phi) is 4.89. The number of hydrogen-bond acceptors (Lipinski definition) is 5. The number of nitrogens with zero attached hydrogens (tertiary/aromatic N) is 4. The van der Waals surface area contributed by atoms with E-state index >= 15 is 0 Å². The summed E-state index contributed by atoms with van der Waals surface area (Å²) in [6, 6.07) is 9.23. The van der Waals surface area contributed by atoms with Crippen LogP contribution in [0.15, 0.2) is 30.3 Å². The second-order valence-corrected chi connectivity index (χ2v) is 7.06. The molecule has 3 rings (SSSR count). The first-order valence-electron chi connectivity index (χ1n) is 8.03. The highest BCUT2D eigenvalue weighted by Gasteiger charge is 2.27. The van der Waals surface area contributed by atoms with Gasteiger partial charge in [-0.3, -0.25) is 9.59 Å². The van der Waals surface area contributed by atoms with Gasteiger partial charge in [0.15, 0.2) is 0 Å². The summed E-state index contributed by atoms with van der Waals surface area (Å²) >= 11 is 1.35. The maximum atomic E-state index is 12.5. The fourth-order valence-electron chi connectivity index (χ4n) is 2.57. The van der Waals surface area contributed by atoms with Gasteiger partial charge in [-0.25, -0.2) is 0 Å². The third kappa shape index (κ3) is 3.46. The number of hydrogen-bond donors (Lipinski definition) is 0. The molecule has 2 heterocycles. The summed E-state index contributed by atoms with van der Waals surface area (Å²) in [7, 11) is 0. The molecule has 0 aliphatic carbocycles. The van der Waals surface area contributed by atoms with Crippen molar-refractivity contribution in [3.8, 4) is 0 Å². The molecule has 126 valence electrons. The largest absolute Gasteiger partial charge is 0.335 e. The molecule has 2 amide bonds. The van der Waals surface area contributed by atoms with E-state index in [1.165, 1.54) is 11.3 Å². The fourth-order valence-corrected chi connectivity index (χ4v) is 3.38. The summed E-state index contributed by atoms with van der Waals surface area (Å²) in [6.45, 7) is 6.18. The predicted molar refractivity (Wildman–Crippen MR) is 92.2 cm³/mol. The molecule has 1 fully saturated rings. The van der Waals surface area contributed by atoms with Crippen molar-refractivity contribution in [3.05, 3.63) is 45.9 Å². The molecular formula is C17H20N4O2S. The topological polar surface area (TPSA) is 66.4 Å². The molecule has 0 unspecified atom stereocenters. The van der Waals surface area contributed by atoms with Crippen molar-refractivity contribution in [1.29, 1.82) is 0 Å². The Balaban J connectivity index is 1.60. The molecule has 0 N–H and O–H groups in total. The Labute approximate surface area is 145 Å². The van der Waals surface area contributed by atoms with Gasteiger partial charge in [-0.15, -0.1) is 10.2 Å². The summed E-state index contributed by atoms with van der Waals surface area (Å²) in [5.74, 6) is 0.191. The smallest absolute Gasteiger partial charge is 0.284 e. The van der Waals surface area contributed by atoms with E-state index in [0.29, 0.717) is 36.8 Å². The Morgan fingerprint density at radius 1 is 0.958 bits per heavy atom. The zero-order valence-corrected chi connectivity index (χ0v) is 14.6. The zero-order valence-electron chi connectivity index (χ0n) is 13.8. The molecule has 0 saturated carbocycles. The molecule has 0 bridgehead atoms. The quantitative estimate of drug-likeness (QED) is 0.857. The number of benzene rings is 1. The molecule has 1 aromatic heterocycles. The van der Waals surface area contributed by atoms with Crippen molar-refractivity contribution in [2.75, 3.05) is 26.2 Å². The van der Waals surface area contributed by atoms with Crippen LogP contribution in [0, 0.1) is 0 Å². The number of piperazine rings is 1. The van der Waals surface area contributed by atoms with Crippen LogP contribution in [0.1, 0.15) is 44.9 Å². The Morgan fingerprint density at radius 3 is 2.08 bits per heavy atom. The normalized spacial score (nSPS) is 15.0. The van der Waals surface area contributed by atoms with Crippen molar-refractivity contribution in [2.24, 2.45) is 0 Å². The molecule has 1 aliphatic heterocycles. The molecule has 1 aliphatic rings. The summed E-state index contributed by atoms with van der Waals surface area (Å²) < 4.78 is 0. The van der Waals surface area contributed by atoms with Gasteiger partial charge in [0.2, 0.25) is 5.01 Å². The predicted octanol–water partition coefficient (Wildman–Crippen LogP) is 2.26. The van der Waals surface area contributed by atoms with Crippen molar-refractivity contribution < 1.29 is 9.59 Å². The summed E-state index contributed by atoms with van der Waals surface area (Å²) in [5.41, 5.74) is 0.683. The van der Waals surface area contributed by atoms with E-state index in [9.17, 15) is 9.59 Å². The first kappa shape index (κ1) is 16.6. The van der Waals surface area contributed by atoms with Gasteiger partial charge in [-0.05, 0) is 12.1 Å². The molecule has 0 atom stereocenters. The second-order valence-electron chi connectivity index (χ2n) is 6.05. The van der Waals surface area contributed by atoms with Crippen LogP contribution in [-0.2, 0) is 0 Å². The van der Waals surface area contributed by atoms with Crippen LogP contribution in [0.3, 0.4) is 0 Å². The summed E-state index contributed by atoms with van der Waals surface area (Å²) in [4.78, 5) is 28.5. The highest BCUT2D eigenvalue weighted by atomic mass is 32.1. The lowest BCUT2D eigenvalue weighted by atomic mass is 10.2. The van der Waals surface area contributed by atoms with Gasteiger partial charge in [0.1, 0.15) is 5.01 Å². The minimum atomic E-state index is -0.0915. The number of carbonyl (C=O) groups is 2. The minimum Gasteiger partial charge on any atom is -0.335 e. The number of carbonyl (C=O) groups excluding carboxylic acids is 2. The maximum absolute atomic E-state index is 12.5. The summed E-state index contributed by atoms with van der Waals surface area (Å²) in [5, 5.41) is 9.39. The average molecular weight is 344 g/mol. The van der Waals surface area contributed by atoms with Gasteiger partial charge >= 0.3 is 0 Å². The van der Waals surface area contributed by atoms with Gasteiger partial charge in [0, 0.05) is 37.7 Å². The lowest BCUT2D eigenvalue weighted by Crippen LogP contribution is -2.50. The standard InChI is InChI=1S/C17H20N4O2S/c1-12(2)14-18-19-15(24-14)17(23)21-10-8-20(9-11-21)16(22)13-6-4-3-5-7-13/h3-7,12H,8-11H2,1-2H3. The monoisotopic (exact) mass is 344 g/mol. The van der Waals surface area contributed by atoms with Crippen molar-refractivity contribution >= 4 is 23.2 Å². The molecule has 24 heavy (non-hydrogen) atoms. The zero-order chi connectivity index (χ0) is 17.1. The highest BCUT2D eigenvalue weighted by Crippen LogP contribution is 2.20. The number of aromatic nitrogens is 2. The van der Waals surface area contributed by atoms with Gasteiger partial charge in [0.05, 0.1) is 0 Å². The van der Waals surface area contributed by atoms with Crippen molar-refractivity contribution in [3.63, 3.8) is 0 Å². The van der Waals surface area contributed by atoms with E-state index in [2.05, 4.69) is 10.2 Å². The third-order valence-electron chi connectivity index (χ3n) is 3.99. The maximum Gasteiger partial charge on any atom is 0.284 e. The molecular weight excluding hydrogens is 324 g/mol. The molecule has 0 radical (unpaired) electrons. The van der Waals surface area contributed by atoms with E-state index in [1.54, 1.807) is 9.80 Å². The minimum absolute atomic E-state index is 0.0145. The second kappa shape index (κ2) is 7.09. The van der Waals surface area contributed by atoms with Crippen LogP contribution in [-0.4, -0.2) is 58.0 Å². The van der Waals surface area contributed by atoms with Gasteiger partial charge in [0.25, 0.3) is 11.8 Å².